The molecule has 0 fully saturated rings. The number of aliphatic carboxylic acids is 1. The molecule has 0 aromatic heterocycles. The molecular formula is C13H17Cl2NO2. The zero-order valence-corrected chi connectivity index (χ0v) is 12.0. The van der Waals surface area contributed by atoms with E-state index in [2.05, 4.69) is 5.32 Å². The van der Waals surface area contributed by atoms with Gasteiger partial charge in [0.1, 0.15) is 0 Å². The van der Waals surface area contributed by atoms with Crippen molar-refractivity contribution in [1.29, 1.82) is 0 Å². The standard InChI is InChI=1S/C13H17Cl2NO2/c1-13(2,12(17)18)5-6-16-8-9-7-10(14)3-4-11(9)15/h3-4,7,16H,5-6,8H2,1-2H3,(H,17,18). The number of rotatable bonds is 6. The number of hydrogen-bond acceptors (Lipinski definition) is 2. The van der Waals surface area contributed by atoms with Crippen molar-refractivity contribution >= 4 is 29.2 Å². The first kappa shape index (κ1) is 15.3. The third-order valence-corrected chi connectivity index (χ3v) is 3.43. The summed E-state index contributed by atoms with van der Waals surface area (Å²) in [6.07, 6.45) is 0.556. The van der Waals surface area contributed by atoms with E-state index in [-0.39, 0.29) is 0 Å². The molecule has 2 N–H and O–H groups in total. The predicted molar refractivity (Wildman–Crippen MR) is 74.2 cm³/mol. The van der Waals surface area contributed by atoms with Crippen molar-refractivity contribution in [3.63, 3.8) is 0 Å². The first-order valence-electron chi connectivity index (χ1n) is 5.71. The lowest BCUT2D eigenvalue weighted by Gasteiger charge is -2.19. The van der Waals surface area contributed by atoms with Crippen molar-refractivity contribution < 1.29 is 9.90 Å². The zero-order chi connectivity index (χ0) is 13.8. The Hall–Kier alpha value is -0.770. The van der Waals surface area contributed by atoms with E-state index in [1.54, 1.807) is 32.0 Å². The van der Waals surface area contributed by atoms with Gasteiger partial charge in [0, 0.05) is 16.6 Å². The lowest BCUT2D eigenvalue weighted by molar-refractivity contribution is -0.147. The van der Waals surface area contributed by atoms with Crippen molar-refractivity contribution in [2.75, 3.05) is 6.54 Å². The summed E-state index contributed by atoms with van der Waals surface area (Å²) in [4.78, 5) is 10.9. The van der Waals surface area contributed by atoms with Gasteiger partial charge in [0.15, 0.2) is 0 Å². The number of carboxylic acid groups (broad SMARTS) is 1. The molecule has 0 aliphatic carbocycles. The van der Waals surface area contributed by atoms with Gasteiger partial charge in [-0.3, -0.25) is 4.79 Å². The van der Waals surface area contributed by atoms with Gasteiger partial charge in [-0.1, -0.05) is 23.2 Å². The van der Waals surface area contributed by atoms with E-state index < -0.39 is 11.4 Å². The van der Waals surface area contributed by atoms with Crippen molar-refractivity contribution in [1.82, 2.24) is 5.32 Å². The minimum Gasteiger partial charge on any atom is -0.481 e. The highest BCUT2D eigenvalue weighted by Crippen LogP contribution is 2.21. The average molecular weight is 290 g/mol. The minimum absolute atomic E-state index is 0.556. The SMILES string of the molecule is CC(C)(CCNCc1cc(Cl)ccc1Cl)C(=O)O. The van der Waals surface area contributed by atoms with Crippen LogP contribution in [0.5, 0.6) is 0 Å². The number of hydrogen-bond donors (Lipinski definition) is 2. The molecule has 0 saturated carbocycles. The van der Waals surface area contributed by atoms with Crippen molar-refractivity contribution in [2.45, 2.75) is 26.8 Å². The Morgan fingerprint density at radius 2 is 2.06 bits per heavy atom. The van der Waals surface area contributed by atoms with E-state index in [4.69, 9.17) is 28.3 Å². The fourth-order valence-electron chi connectivity index (χ4n) is 1.41. The summed E-state index contributed by atoms with van der Waals surface area (Å²) in [5, 5.41) is 13.4. The Bertz CT molecular complexity index is 433. The van der Waals surface area contributed by atoms with Gasteiger partial charge in [0.2, 0.25) is 0 Å². The largest absolute Gasteiger partial charge is 0.481 e. The lowest BCUT2D eigenvalue weighted by atomic mass is 9.90. The fraction of sp³-hybridized carbons (Fsp3) is 0.462. The maximum absolute atomic E-state index is 10.9. The third kappa shape index (κ3) is 4.48. The Balaban J connectivity index is 2.43. The number of nitrogens with one attached hydrogen (secondary N) is 1. The van der Waals surface area contributed by atoms with Crippen LogP contribution in [-0.4, -0.2) is 17.6 Å². The zero-order valence-electron chi connectivity index (χ0n) is 10.5. The molecule has 0 unspecified atom stereocenters. The van der Waals surface area contributed by atoms with Crippen molar-refractivity contribution in [2.24, 2.45) is 5.41 Å². The molecule has 1 rings (SSSR count). The van der Waals surface area contributed by atoms with Gasteiger partial charge < -0.3 is 10.4 Å². The van der Waals surface area contributed by atoms with Gasteiger partial charge in [0.25, 0.3) is 0 Å². The highest BCUT2D eigenvalue weighted by molar-refractivity contribution is 6.33. The van der Waals surface area contributed by atoms with E-state index >= 15 is 0 Å². The molecule has 0 aliphatic heterocycles. The number of carbonyl (C=O) groups is 1. The van der Waals surface area contributed by atoms with Gasteiger partial charge in [-0.05, 0) is 50.6 Å². The number of carboxylic acids is 1. The molecule has 1 aromatic rings. The summed E-state index contributed by atoms with van der Waals surface area (Å²) >= 11 is 11.9. The maximum atomic E-state index is 10.9. The molecule has 3 nitrogen and oxygen atoms in total. The minimum atomic E-state index is -0.787. The van der Waals surface area contributed by atoms with E-state index in [9.17, 15) is 4.79 Å². The van der Waals surface area contributed by atoms with Gasteiger partial charge in [-0.2, -0.15) is 0 Å². The van der Waals surface area contributed by atoms with Gasteiger partial charge in [0.05, 0.1) is 5.41 Å². The second kappa shape index (κ2) is 6.41. The maximum Gasteiger partial charge on any atom is 0.309 e. The molecular weight excluding hydrogens is 273 g/mol. The Labute approximate surface area is 117 Å². The molecule has 0 atom stereocenters. The molecule has 1 aromatic carbocycles. The van der Waals surface area contributed by atoms with Crippen LogP contribution in [0.15, 0.2) is 18.2 Å². The summed E-state index contributed by atoms with van der Waals surface area (Å²) in [5.74, 6) is -0.787. The highest BCUT2D eigenvalue weighted by Gasteiger charge is 2.26. The summed E-state index contributed by atoms with van der Waals surface area (Å²) in [7, 11) is 0. The van der Waals surface area contributed by atoms with E-state index in [1.165, 1.54) is 0 Å². The fourth-order valence-corrected chi connectivity index (χ4v) is 1.79. The third-order valence-electron chi connectivity index (χ3n) is 2.83. The van der Waals surface area contributed by atoms with Gasteiger partial charge >= 0.3 is 5.97 Å². The average Bonchev–Trinajstić information content (AvgIpc) is 2.28. The first-order chi connectivity index (χ1) is 8.33. The molecule has 0 saturated heterocycles. The Morgan fingerprint density at radius 1 is 1.39 bits per heavy atom. The van der Waals surface area contributed by atoms with E-state index in [1.807, 2.05) is 0 Å². The Kier molecular flexibility index (Phi) is 5.45. The first-order valence-corrected chi connectivity index (χ1v) is 6.46. The normalized spacial score (nSPS) is 11.6. The van der Waals surface area contributed by atoms with Gasteiger partial charge in [-0.15, -0.1) is 0 Å². The van der Waals surface area contributed by atoms with Crippen LogP contribution in [0.25, 0.3) is 0 Å². The number of benzene rings is 1. The van der Waals surface area contributed by atoms with Crippen molar-refractivity contribution in [3.05, 3.63) is 33.8 Å². The molecule has 0 heterocycles. The highest BCUT2D eigenvalue weighted by atomic mass is 35.5. The lowest BCUT2D eigenvalue weighted by Crippen LogP contribution is -2.28. The smallest absolute Gasteiger partial charge is 0.309 e. The number of halogens is 2. The monoisotopic (exact) mass is 289 g/mol. The predicted octanol–water partition coefficient (Wildman–Crippen LogP) is 3.58. The summed E-state index contributed by atoms with van der Waals surface area (Å²) in [5.41, 5.74) is 0.197. The topological polar surface area (TPSA) is 49.3 Å². The van der Waals surface area contributed by atoms with Crippen LogP contribution in [0.3, 0.4) is 0 Å². The van der Waals surface area contributed by atoms with Crippen LogP contribution in [0.2, 0.25) is 10.0 Å². The molecule has 0 amide bonds. The second-order valence-corrected chi connectivity index (χ2v) is 5.70. The van der Waals surface area contributed by atoms with Crippen LogP contribution < -0.4 is 5.32 Å². The van der Waals surface area contributed by atoms with E-state index in [0.717, 1.165) is 5.56 Å². The molecule has 0 bridgehead atoms. The summed E-state index contributed by atoms with van der Waals surface area (Å²) in [6.45, 7) is 4.62. The molecule has 5 heteroatoms. The second-order valence-electron chi connectivity index (χ2n) is 4.85. The van der Waals surface area contributed by atoms with Crippen LogP contribution in [0, 0.1) is 5.41 Å². The van der Waals surface area contributed by atoms with Crippen LogP contribution in [0.1, 0.15) is 25.8 Å². The van der Waals surface area contributed by atoms with Crippen molar-refractivity contribution in [3.8, 4) is 0 Å². The van der Waals surface area contributed by atoms with Gasteiger partial charge in [-0.25, -0.2) is 0 Å². The summed E-state index contributed by atoms with van der Waals surface area (Å²) < 4.78 is 0. The van der Waals surface area contributed by atoms with E-state index in [0.29, 0.717) is 29.6 Å². The molecule has 18 heavy (non-hydrogen) atoms. The quantitative estimate of drug-likeness (QED) is 0.787. The van der Waals surface area contributed by atoms with Crippen LogP contribution in [-0.2, 0) is 11.3 Å². The molecule has 0 spiro atoms. The summed E-state index contributed by atoms with van der Waals surface area (Å²) in [6, 6.07) is 5.29. The van der Waals surface area contributed by atoms with Crippen LogP contribution >= 0.6 is 23.2 Å². The molecule has 100 valence electrons. The van der Waals surface area contributed by atoms with Crippen LogP contribution in [0.4, 0.5) is 0 Å². The Morgan fingerprint density at radius 3 is 2.67 bits per heavy atom. The molecule has 0 radical (unpaired) electrons. The molecule has 0 aliphatic rings.